The first-order valence-corrected chi connectivity index (χ1v) is 5.24. The van der Waals surface area contributed by atoms with Crippen molar-refractivity contribution >= 4 is 16.8 Å². The van der Waals surface area contributed by atoms with Crippen LogP contribution in [0.2, 0.25) is 0 Å². The molecule has 1 atom stereocenters. The van der Waals surface area contributed by atoms with Crippen molar-refractivity contribution in [2.45, 2.75) is 19.3 Å². The first-order valence-electron chi connectivity index (χ1n) is 3.75. The highest BCUT2D eigenvalue weighted by molar-refractivity contribution is 7.85. The second kappa shape index (κ2) is 3.85. The lowest BCUT2D eigenvalue weighted by Crippen LogP contribution is -2.08. The Morgan fingerprint density at radius 2 is 2.18 bits per heavy atom. The van der Waals surface area contributed by atoms with Gasteiger partial charge in [0.05, 0.1) is 6.42 Å². The molecule has 11 heavy (non-hydrogen) atoms. The van der Waals surface area contributed by atoms with E-state index in [-0.39, 0.29) is 6.42 Å². The van der Waals surface area contributed by atoms with Gasteiger partial charge in [-0.15, -0.1) is 0 Å². The summed E-state index contributed by atoms with van der Waals surface area (Å²) < 4.78 is 11.0. The fourth-order valence-electron chi connectivity index (χ4n) is 0.832. The van der Waals surface area contributed by atoms with Crippen molar-refractivity contribution in [2.24, 2.45) is 5.92 Å². The van der Waals surface area contributed by atoms with Crippen LogP contribution >= 0.6 is 0 Å². The quantitative estimate of drug-likeness (QED) is 0.668. The maximum atomic E-state index is 11.0. The van der Waals surface area contributed by atoms with Crippen molar-refractivity contribution < 1.29 is 14.1 Å². The van der Waals surface area contributed by atoms with Crippen LogP contribution in [0.15, 0.2) is 0 Å². The van der Waals surface area contributed by atoms with Crippen LogP contribution in [0.3, 0.4) is 0 Å². The first-order chi connectivity index (χ1) is 5.18. The van der Waals surface area contributed by atoms with Gasteiger partial charge in [-0.2, -0.15) is 0 Å². The Hall–Kier alpha value is -0.380. The smallest absolute Gasteiger partial charge is 0.304 e. The summed E-state index contributed by atoms with van der Waals surface area (Å²) in [6.45, 7) is 0. The molecule has 0 aromatic rings. The Kier molecular flexibility index (Phi) is 3.05. The van der Waals surface area contributed by atoms with Crippen LogP contribution in [0.1, 0.15) is 19.3 Å². The zero-order valence-corrected chi connectivity index (χ0v) is 7.10. The highest BCUT2D eigenvalue weighted by Crippen LogP contribution is 2.29. The van der Waals surface area contributed by atoms with Gasteiger partial charge in [-0.3, -0.25) is 9.00 Å². The molecule has 4 heteroatoms. The lowest BCUT2D eigenvalue weighted by Gasteiger charge is -1.96. The molecule has 1 unspecified atom stereocenters. The number of carbonyl (C=O) groups is 1. The number of hydrogen-bond donors (Lipinski definition) is 1. The van der Waals surface area contributed by atoms with E-state index in [1.807, 2.05) is 0 Å². The second-order valence-corrected chi connectivity index (χ2v) is 4.52. The van der Waals surface area contributed by atoms with Crippen LogP contribution in [0, 0.1) is 5.92 Å². The minimum absolute atomic E-state index is 0.0410. The van der Waals surface area contributed by atoms with Crippen molar-refractivity contribution in [2.75, 3.05) is 11.5 Å². The minimum Gasteiger partial charge on any atom is -0.481 e. The van der Waals surface area contributed by atoms with E-state index in [2.05, 4.69) is 0 Å². The third-order valence-electron chi connectivity index (χ3n) is 1.66. The predicted octanol–water partition coefficient (Wildman–Crippen LogP) is 0.620. The van der Waals surface area contributed by atoms with Crippen molar-refractivity contribution in [1.82, 2.24) is 0 Å². The topological polar surface area (TPSA) is 54.4 Å². The zero-order valence-electron chi connectivity index (χ0n) is 6.28. The average Bonchev–Trinajstić information content (AvgIpc) is 2.67. The monoisotopic (exact) mass is 176 g/mol. The lowest BCUT2D eigenvalue weighted by atomic mass is 10.5. The van der Waals surface area contributed by atoms with Crippen LogP contribution in [0.4, 0.5) is 0 Å². The Balaban J connectivity index is 2.04. The summed E-state index contributed by atoms with van der Waals surface area (Å²) in [5, 5.41) is 8.28. The van der Waals surface area contributed by atoms with Crippen LogP contribution in [-0.4, -0.2) is 26.8 Å². The molecule has 3 nitrogen and oxygen atoms in total. The zero-order chi connectivity index (χ0) is 8.27. The van der Waals surface area contributed by atoms with Gasteiger partial charge in [-0.05, 0) is 18.8 Å². The third kappa shape index (κ3) is 4.14. The standard InChI is InChI=1S/C7H12O3S/c8-7(9)3-4-11(10)5-6-1-2-6/h6H,1-5H2,(H,8,9). The lowest BCUT2D eigenvalue weighted by molar-refractivity contribution is -0.136. The highest BCUT2D eigenvalue weighted by atomic mass is 32.2. The summed E-state index contributed by atoms with van der Waals surface area (Å²) in [5.41, 5.74) is 0. The van der Waals surface area contributed by atoms with Gasteiger partial charge in [-0.1, -0.05) is 0 Å². The number of aliphatic carboxylic acids is 1. The summed E-state index contributed by atoms with van der Waals surface area (Å²) in [6, 6.07) is 0. The first kappa shape index (κ1) is 8.71. The van der Waals surface area contributed by atoms with Gasteiger partial charge in [0.25, 0.3) is 0 Å². The molecule has 1 N–H and O–H groups in total. The van der Waals surface area contributed by atoms with Gasteiger partial charge in [0, 0.05) is 22.3 Å². The van der Waals surface area contributed by atoms with Gasteiger partial charge in [-0.25, -0.2) is 0 Å². The number of carboxylic acids is 1. The Morgan fingerprint density at radius 1 is 1.55 bits per heavy atom. The van der Waals surface area contributed by atoms with E-state index in [9.17, 15) is 9.00 Å². The molecule has 0 spiro atoms. The van der Waals surface area contributed by atoms with E-state index < -0.39 is 16.8 Å². The SMILES string of the molecule is O=C(O)CCS(=O)CC1CC1. The van der Waals surface area contributed by atoms with E-state index in [4.69, 9.17) is 5.11 Å². The van der Waals surface area contributed by atoms with Gasteiger partial charge in [0.15, 0.2) is 0 Å². The second-order valence-electron chi connectivity index (χ2n) is 2.90. The van der Waals surface area contributed by atoms with Crippen molar-refractivity contribution in [3.63, 3.8) is 0 Å². The molecule has 0 aromatic carbocycles. The molecule has 1 fully saturated rings. The van der Waals surface area contributed by atoms with Crippen molar-refractivity contribution in [1.29, 1.82) is 0 Å². The molecule has 1 saturated carbocycles. The molecule has 0 bridgehead atoms. The largest absolute Gasteiger partial charge is 0.481 e. The average molecular weight is 176 g/mol. The van der Waals surface area contributed by atoms with Gasteiger partial charge in [0.2, 0.25) is 0 Å². The summed E-state index contributed by atoms with van der Waals surface area (Å²) in [7, 11) is -0.889. The Bertz CT molecular complexity index is 175. The third-order valence-corrected chi connectivity index (χ3v) is 3.16. The van der Waals surface area contributed by atoms with E-state index in [0.717, 1.165) is 0 Å². The fourth-order valence-corrected chi connectivity index (χ4v) is 2.26. The van der Waals surface area contributed by atoms with Crippen molar-refractivity contribution in [3.05, 3.63) is 0 Å². The van der Waals surface area contributed by atoms with Gasteiger partial charge >= 0.3 is 5.97 Å². The number of carboxylic acid groups (broad SMARTS) is 1. The minimum atomic E-state index is -0.889. The Morgan fingerprint density at radius 3 is 2.64 bits per heavy atom. The summed E-state index contributed by atoms with van der Waals surface area (Å²) >= 11 is 0. The van der Waals surface area contributed by atoms with E-state index >= 15 is 0 Å². The molecule has 0 saturated heterocycles. The van der Waals surface area contributed by atoms with Crippen molar-refractivity contribution in [3.8, 4) is 0 Å². The number of hydrogen-bond acceptors (Lipinski definition) is 2. The molecule has 1 aliphatic rings. The summed E-state index contributed by atoms with van der Waals surface area (Å²) in [5.74, 6) is 0.817. The predicted molar refractivity (Wildman–Crippen MR) is 42.9 cm³/mol. The molecule has 0 radical (unpaired) electrons. The molecule has 0 aromatic heterocycles. The maximum absolute atomic E-state index is 11.0. The molecule has 1 aliphatic carbocycles. The molecule has 0 aliphatic heterocycles. The van der Waals surface area contributed by atoms with Crippen LogP contribution in [0.5, 0.6) is 0 Å². The van der Waals surface area contributed by atoms with Gasteiger partial charge in [0.1, 0.15) is 0 Å². The normalized spacial score (nSPS) is 19.6. The Labute approximate surface area is 68.3 Å². The molecule has 0 amide bonds. The number of rotatable bonds is 5. The fraction of sp³-hybridized carbons (Fsp3) is 0.857. The van der Waals surface area contributed by atoms with Crippen LogP contribution in [0.25, 0.3) is 0 Å². The summed E-state index contributed by atoms with van der Waals surface area (Å²) in [4.78, 5) is 10.1. The van der Waals surface area contributed by atoms with Crippen LogP contribution in [-0.2, 0) is 15.6 Å². The maximum Gasteiger partial charge on any atom is 0.304 e. The molecule has 64 valence electrons. The molecular weight excluding hydrogens is 164 g/mol. The highest BCUT2D eigenvalue weighted by Gasteiger charge is 2.23. The van der Waals surface area contributed by atoms with Gasteiger partial charge < -0.3 is 5.11 Å². The molecular formula is C7H12O3S. The summed E-state index contributed by atoms with van der Waals surface area (Å²) in [6.07, 6.45) is 2.40. The van der Waals surface area contributed by atoms with E-state index in [1.165, 1.54) is 12.8 Å². The van der Waals surface area contributed by atoms with Crippen LogP contribution < -0.4 is 0 Å². The van der Waals surface area contributed by atoms with E-state index in [0.29, 0.717) is 17.4 Å². The molecule has 0 heterocycles. The van der Waals surface area contributed by atoms with E-state index in [1.54, 1.807) is 0 Å². The molecule has 1 rings (SSSR count).